The second-order valence-electron chi connectivity index (χ2n) is 6.77. The number of benzene rings is 1. The Labute approximate surface area is 174 Å². The number of hydrogen-bond donors (Lipinski definition) is 1. The minimum Gasteiger partial charge on any atom is -0.497 e. The first kappa shape index (κ1) is 20.7. The second-order valence-corrected chi connectivity index (χ2v) is 7.74. The van der Waals surface area contributed by atoms with E-state index in [2.05, 4.69) is 11.2 Å². The standard InChI is InChI=1S/C22H24N2O4S/c1-4-20(25)24(17-12-11-16(27-2)14-18(17)28-3)21(19-10-7-13-29-19)22(26)23-15-8-5-6-9-15/h1,7,10-15,21H,5-6,8-9H2,2-3H3,(H,23,26)/t21-/m0/s1. The molecule has 6 nitrogen and oxygen atoms in total. The largest absolute Gasteiger partial charge is 0.497 e. The number of carbonyl (C=O) groups excluding carboxylic acids is 2. The van der Waals surface area contributed by atoms with E-state index in [9.17, 15) is 9.59 Å². The molecule has 0 saturated heterocycles. The van der Waals surface area contributed by atoms with Crippen LogP contribution in [0, 0.1) is 12.3 Å². The Hall–Kier alpha value is -2.98. The average molecular weight is 413 g/mol. The third-order valence-corrected chi connectivity index (χ3v) is 5.93. The van der Waals surface area contributed by atoms with Gasteiger partial charge in [-0.2, -0.15) is 0 Å². The Bertz CT molecular complexity index is 898. The predicted octanol–water partition coefficient (Wildman–Crippen LogP) is 3.53. The van der Waals surface area contributed by atoms with Crippen LogP contribution in [0.3, 0.4) is 0 Å². The fraction of sp³-hybridized carbons (Fsp3) is 0.364. The molecule has 1 atom stereocenters. The fourth-order valence-corrected chi connectivity index (χ4v) is 4.40. The first-order chi connectivity index (χ1) is 14.1. The normalized spacial score (nSPS) is 14.7. The van der Waals surface area contributed by atoms with Crippen LogP contribution in [-0.4, -0.2) is 32.1 Å². The van der Waals surface area contributed by atoms with Gasteiger partial charge in [-0.3, -0.25) is 14.5 Å². The number of hydrogen-bond acceptors (Lipinski definition) is 5. The third-order valence-electron chi connectivity index (χ3n) is 5.01. The van der Waals surface area contributed by atoms with E-state index < -0.39 is 11.9 Å². The van der Waals surface area contributed by atoms with Crippen molar-refractivity contribution >= 4 is 28.8 Å². The zero-order valence-corrected chi connectivity index (χ0v) is 17.3. The van der Waals surface area contributed by atoms with Crippen LogP contribution in [0.4, 0.5) is 5.69 Å². The molecule has 0 bridgehead atoms. The van der Waals surface area contributed by atoms with Crippen LogP contribution in [0.25, 0.3) is 0 Å². The molecule has 7 heteroatoms. The quantitative estimate of drug-likeness (QED) is 0.707. The van der Waals surface area contributed by atoms with Gasteiger partial charge >= 0.3 is 5.91 Å². The molecule has 1 saturated carbocycles. The van der Waals surface area contributed by atoms with Crippen LogP contribution in [0.15, 0.2) is 35.7 Å². The summed E-state index contributed by atoms with van der Waals surface area (Å²) < 4.78 is 10.7. The molecule has 1 N–H and O–H groups in total. The van der Waals surface area contributed by atoms with E-state index in [0.717, 1.165) is 30.6 Å². The van der Waals surface area contributed by atoms with E-state index in [1.807, 2.05) is 17.5 Å². The number of nitrogens with one attached hydrogen (secondary N) is 1. The summed E-state index contributed by atoms with van der Waals surface area (Å²) in [6, 6.07) is 7.94. The van der Waals surface area contributed by atoms with E-state index in [1.54, 1.807) is 25.3 Å². The number of anilines is 1. The molecular formula is C22H24N2O4S. The number of rotatable bonds is 7. The van der Waals surface area contributed by atoms with E-state index in [-0.39, 0.29) is 11.9 Å². The molecule has 1 fully saturated rings. The van der Waals surface area contributed by atoms with Crippen LogP contribution in [0.2, 0.25) is 0 Å². The summed E-state index contributed by atoms with van der Waals surface area (Å²) in [5.74, 6) is 2.26. The van der Waals surface area contributed by atoms with Crippen LogP contribution >= 0.6 is 11.3 Å². The summed E-state index contributed by atoms with van der Waals surface area (Å²) in [6.07, 6.45) is 9.54. The summed E-state index contributed by atoms with van der Waals surface area (Å²) >= 11 is 1.40. The highest BCUT2D eigenvalue weighted by Gasteiger charge is 2.35. The summed E-state index contributed by atoms with van der Waals surface area (Å²) in [4.78, 5) is 28.2. The summed E-state index contributed by atoms with van der Waals surface area (Å²) in [6.45, 7) is 0. The number of ether oxygens (including phenoxy) is 2. The lowest BCUT2D eigenvalue weighted by molar-refractivity contribution is -0.125. The molecule has 0 unspecified atom stereocenters. The lowest BCUT2D eigenvalue weighted by atomic mass is 10.1. The zero-order valence-electron chi connectivity index (χ0n) is 16.5. The molecule has 1 aromatic heterocycles. The SMILES string of the molecule is C#CC(=O)N(c1ccc(OC)cc1OC)[C@H](C(=O)NC1CCCC1)c1cccs1. The van der Waals surface area contributed by atoms with Crippen LogP contribution in [0.5, 0.6) is 11.5 Å². The van der Waals surface area contributed by atoms with Gasteiger partial charge in [-0.1, -0.05) is 18.9 Å². The first-order valence-electron chi connectivity index (χ1n) is 9.44. The first-order valence-corrected chi connectivity index (χ1v) is 10.3. The maximum atomic E-state index is 13.3. The van der Waals surface area contributed by atoms with Crippen molar-refractivity contribution in [2.45, 2.75) is 37.8 Å². The van der Waals surface area contributed by atoms with E-state index >= 15 is 0 Å². The summed E-state index contributed by atoms with van der Waals surface area (Å²) in [7, 11) is 3.04. The Balaban J connectivity index is 2.06. The van der Waals surface area contributed by atoms with Crippen molar-refractivity contribution in [3.63, 3.8) is 0 Å². The third kappa shape index (κ3) is 4.54. The average Bonchev–Trinajstić information content (AvgIpc) is 3.45. The number of carbonyl (C=O) groups is 2. The van der Waals surface area contributed by atoms with E-state index in [1.165, 1.54) is 23.3 Å². The van der Waals surface area contributed by atoms with Gasteiger partial charge in [0.15, 0.2) is 6.04 Å². The molecule has 1 aromatic carbocycles. The van der Waals surface area contributed by atoms with Gasteiger partial charge in [0.25, 0.3) is 0 Å². The number of thiophene rings is 1. The van der Waals surface area contributed by atoms with Crippen molar-refractivity contribution < 1.29 is 19.1 Å². The predicted molar refractivity (Wildman–Crippen MR) is 113 cm³/mol. The van der Waals surface area contributed by atoms with Crippen LogP contribution < -0.4 is 19.7 Å². The molecule has 29 heavy (non-hydrogen) atoms. The van der Waals surface area contributed by atoms with Crippen LogP contribution in [0.1, 0.15) is 36.6 Å². The maximum Gasteiger partial charge on any atom is 0.303 e. The van der Waals surface area contributed by atoms with Gasteiger partial charge in [0.05, 0.1) is 19.9 Å². The highest BCUT2D eigenvalue weighted by molar-refractivity contribution is 7.10. The van der Waals surface area contributed by atoms with Gasteiger partial charge in [-0.05, 0) is 42.3 Å². The molecule has 1 aliphatic carbocycles. The van der Waals surface area contributed by atoms with Crippen molar-refractivity contribution in [2.75, 3.05) is 19.1 Å². The molecule has 0 spiro atoms. The van der Waals surface area contributed by atoms with Gasteiger partial charge in [-0.25, -0.2) is 0 Å². The molecule has 3 rings (SSSR count). The molecule has 0 radical (unpaired) electrons. The summed E-state index contributed by atoms with van der Waals surface area (Å²) in [5.41, 5.74) is 0.413. The van der Waals surface area contributed by atoms with Gasteiger partial charge in [0, 0.05) is 17.0 Å². The second kappa shape index (κ2) is 9.48. The molecule has 2 amide bonds. The minimum atomic E-state index is -0.888. The van der Waals surface area contributed by atoms with E-state index in [0.29, 0.717) is 17.2 Å². The van der Waals surface area contributed by atoms with Crippen LogP contribution in [-0.2, 0) is 9.59 Å². The molecule has 1 heterocycles. The topological polar surface area (TPSA) is 67.9 Å². The number of methoxy groups -OCH3 is 2. The monoisotopic (exact) mass is 412 g/mol. The Morgan fingerprint density at radius 3 is 2.59 bits per heavy atom. The Kier molecular flexibility index (Phi) is 6.78. The smallest absolute Gasteiger partial charge is 0.303 e. The van der Waals surface area contributed by atoms with Gasteiger partial charge in [0.1, 0.15) is 11.5 Å². The number of terminal acetylenes is 1. The summed E-state index contributed by atoms with van der Waals surface area (Å²) in [5, 5.41) is 4.97. The molecular weight excluding hydrogens is 388 g/mol. The molecule has 0 aliphatic heterocycles. The minimum absolute atomic E-state index is 0.116. The molecule has 1 aliphatic rings. The van der Waals surface area contributed by atoms with Crippen molar-refractivity contribution in [2.24, 2.45) is 0 Å². The van der Waals surface area contributed by atoms with Crippen molar-refractivity contribution in [1.82, 2.24) is 5.32 Å². The lowest BCUT2D eigenvalue weighted by Crippen LogP contribution is -2.46. The van der Waals surface area contributed by atoms with Crippen molar-refractivity contribution in [3.05, 3.63) is 40.6 Å². The lowest BCUT2D eigenvalue weighted by Gasteiger charge is -2.31. The maximum absolute atomic E-state index is 13.3. The highest BCUT2D eigenvalue weighted by atomic mass is 32.1. The van der Waals surface area contributed by atoms with Crippen molar-refractivity contribution in [3.8, 4) is 23.8 Å². The van der Waals surface area contributed by atoms with Gasteiger partial charge in [-0.15, -0.1) is 17.8 Å². The zero-order chi connectivity index (χ0) is 20.8. The molecule has 152 valence electrons. The Morgan fingerprint density at radius 1 is 1.24 bits per heavy atom. The van der Waals surface area contributed by atoms with Crippen molar-refractivity contribution in [1.29, 1.82) is 0 Å². The van der Waals surface area contributed by atoms with Gasteiger partial charge in [0.2, 0.25) is 5.91 Å². The Morgan fingerprint density at radius 2 is 2.00 bits per heavy atom. The molecule has 2 aromatic rings. The number of amides is 2. The highest BCUT2D eigenvalue weighted by Crippen LogP contribution is 2.38. The fourth-order valence-electron chi connectivity index (χ4n) is 3.59. The van der Waals surface area contributed by atoms with E-state index in [4.69, 9.17) is 15.9 Å². The number of nitrogens with zero attached hydrogens (tertiary/aromatic N) is 1. The van der Waals surface area contributed by atoms with Gasteiger partial charge < -0.3 is 14.8 Å².